The van der Waals surface area contributed by atoms with Crippen LogP contribution in [0.3, 0.4) is 0 Å². The molecular weight excluding hydrogens is 352 g/mol. The van der Waals surface area contributed by atoms with Crippen molar-refractivity contribution in [2.45, 2.75) is 76.4 Å². The molecule has 1 spiro atoms. The Morgan fingerprint density at radius 3 is 2.46 bits per heavy atom. The van der Waals surface area contributed by atoms with Gasteiger partial charge in [0, 0.05) is 26.1 Å². The minimum absolute atomic E-state index is 0.119. The fraction of sp³-hybridized carbons (Fsp3) is 0.652. The summed E-state index contributed by atoms with van der Waals surface area (Å²) in [5.74, 6) is 0.301. The van der Waals surface area contributed by atoms with E-state index in [0.717, 1.165) is 51.7 Å². The Balaban J connectivity index is 1.53. The van der Waals surface area contributed by atoms with Gasteiger partial charge in [-0.05, 0) is 69.4 Å². The summed E-state index contributed by atoms with van der Waals surface area (Å²) in [6, 6.07) is 8.91. The summed E-state index contributed by atoms with van der Waals surface area (Å²) < 4.78 is 5.56. The van der Waals surface area contributed by atoms with Gasteiger partial charge < -0.3 is 14.5 Å². The fourth-order valence-corrected chi connectivity index (χ4v) is 5.26. The van der Waals surface area contributed by atoms with Crippen molar-refractivity contribution in [2.75, 3.05) is 19.6 Å². The van der Waals surface area contributed by atoms with Crippen molar-refractivity contribution in [3.05, 3.63) is 35.4 Å². The van der Waals surface area contributed by atoms with Gasteiger partial charge in [0.1, 0.15) is 5.60 Å². The lowest BCUT2D eigenvalue weighted by atomic mass is 9.63. The van der Waals surface area contributed by atoms with Crippen LogP contribution in [0.2, 0.25) is 0 Å². The molecule has 0 unspecified atom stereocenters. The van der Waals surface area contributed by atoms with Gasteiger partial charge in [0.05, 0.1) is 6.04 Å². The van der Waals surface area contributed by atoms with E-state index in [2.05, 4.69) is 29.2 Å². The monoisotopic (exact) mass is 384 g/mol. The van der Waals surface area contributed by atoms with Crippen LogP contribution in [0.1, 0.15) is 76.5 Å². The van der Waals surface area contributed by atoms with E-state index < -0.39 is 5.60 Å². The SMILES string of the molecule is CC(C)(C)OC(=O)N1CCC2(CC[C@H](N3CCCC3=O)c3ccccc32)CC1. The molecule has 0 N–H and O–H groups in total. The number of nitrogens with zero attached hydrogens (tertiary/aromatic N) is 2. The molecule has 0 radical (unpaired) electrons. The molecule has 2 saturated heterocycles. The molecule has 152 valence electrons. The predicted molar refractivity (Wildman–Crippen MR) is 108 cm³/mol. The van der Waals surface area contributed by atoms with Crippen molar-refractivity contribution in [1.29, 1.82) is 0 Å². The quantitative estimate of drug-likeness (QED) is 0.720. The molecule has 2 aliphatic heterocycles. The molecule has 5 nitrogen and oxygen atoms in total. The van der Waals surface area contributed by atoms with E-state index in [4.69, 9.17) is 4.74 Å². The summed E-state index contributed by atoms with van der Waals surface area (Å²) >= 11 is 0. The zero-order valence-electron chi connectivity index (χ0n) is 17.4. The Labute approximate surface area is 168 Å². The van der Waals surface area contributed by atoms with Crippen LogP contribution >= 0.6 is 0 Å². The van der Waals surface area contributed by atoms with Crippen LogP contribution in [0.4, 0.5) is 4.79 Å². The van der Waals surface area contributed by atoms with E-state index in [-0.39, 0.29) is 17.6 Å². The minimum atomic E-state index is -0.459. The largest absolute Gasteiger partial charge is 0.444 e. The number of likely N-dealkylation sites (tertiary alicyclic amines) is 2. The molecule has 3 aliphatic rings. The average molecular weight is 385 g/mol. The first-order valence-corrected chi connectivity index (χ1v) is 10.7. The second-order valence-electron chi connectivity index (χ2n) is 9.58. The zero-order valence-corrected chi connectivity index (χ0v) is 17.4. The smallest absolute Gasteiger partial charge is 0.410 e. The highest BCUT2D eigenvalue weighted by molar-refractivity contribution is 5.78. The molecule has 2 fully saturated rings. The summed E-state index contributed by atoms with van der Waals surface area (Å²) in [5, 5.41) is 0. The standard InChI is InChI=1S/C23H32N2O3/c1-22(2,3)28-21(27)24-15-12-23(13-16-24)11-10-19(25-14-6-9-20(25)26)17-7-4-5-8-18(17)23/h4-5,7-8,19H,6,9-16H2,1-3H3/t19-/m0/s1. The van der Waals surface area contributed by atoms with E-state index in [9.17, 15) is 9.59 Å². The fourth-order valence-electron chi connectivity index (χ4n) is 5.26. The Bertz CT molecular complexity index is 759. The van der Waals surface area contributed by atoms with E-state index in [1.165, 1.54) is 11.1 Å². The van der Waals surface area contributed by atoms with E-state index in [1.54, 1.807) is 0 Å². The lowest BCUT2D eigenvalue weighted by Crippen LogP contribution is -2.49. The number of hydrogen-bond acceptors (Lipinski definition) is 3. The van der Waals surface area contributed by atoms with Gasteiger partial charge in [-0.3, -0.25) is 4.79 Å². The summed E-state index contributed by atoms with van der Waals surface area (Å²) in [5.41, 5.74) is 2.39. The van der Waals surface area contributed by atoms with E-state index >= 15 is 0 Å². The Morgan fingerprint density at radius 2 is 1.82 bits per heavy atom. The van der Waals surface area contributed by atoms with Gasteiger partial charge >= 0.3 is 6.09 Å². The topological polar surface area (TPSA) is 49.9 Å². The van der Waals surface area contributed by atoms with Crippen molar-refractivity contribution in [1.82, 2.24) is 9.80 Å². The van der Waals surface area contributed by atoms with Crippen molar-refractivity contribution < 1.29 is 14.3 Å². The van der Waals surface area contributed by atoms with Gasteiger partial charge in [-0.1, -0.05) is 24.3 Å². The van der Waals surface area contributed by atoms with Gasteiger partial charge in [-0.15, -0.1) is 0 Å². The Morgan fingerprint density at radius 1 is 1.11 bits per heavy atom. The van der Waals surface area contributed by atoms with Crippen molar-refractivity contribution >= 4 is 12.0 Å². The first kappa shape index (κ1) is 19.3. The third-order valence-corrected chi connectivity index (χ3v) is 6.65. The summed E-state index contributed by atoms with van der Waals surface area (Å²) in [6.07, 6.45) is 5.50. The maximum absolute atomic E-state index is 12.5. The van der Waals surface area contributed by atoms with E-state index in [0.29, 0.717) is 12.3 Å². The van der Waals surface area contributed by atoms with Crippen molar-refractivity contribution in [3.63, 3.8) is 0 Å². The highest BCUT2D eigenvalue weighted by atomic mass is 16.6. The van der Waals surface area contributed by atoms with Gasteiger partial charge in [0.25, 0.3) is 0 Å². The lowest BCUT2D eigenvalue weighted by Gasteiger charge is -2.48. The molecule has 1 aromatic carbocycles. The van der Waals surface area contributed by atoms with Crippen LogP contribution in [-0.4, -0.2) is 47.0 Å². The molecule has 0 saturated carbocycles. The Hall–Kier alpha value is -2.04. The van der Waals surface area contributed by atoms with Crippen LogP contribution in [-0.2, 0) is 14.9 Å². The predicted octanol–water partition coefficient (Wildman–Crippen LogP) is 4.41. The molecule has 5 heteroatoms. The average Bonchev–Trinajstić information content (AvgIpc) is 3.07. The highest BCUT2D eigenvalue weighted by Gasteiger charge is 2.45. The van der Waals surface area contributed by atoms with Crippen molar-refractivity contribution in [3.8, 4) is 0 Å². The molecular formula is C23H32N2O3. The molecule has 28 heavy (non-hydrogen) atoms. The summed E-state index contributed by atoms with van der Waals surface area (Å²) in [6.45, 7) is 8.08. The molecule has 1 atom stereocenters. The van der Waals surface area contributed by atoms with Gasteiger partial charge in [0.15, 0.2) is 0 Å². The lowest BCUT2D eigenvalue weighted by molar-refractivity contribution is -0.130. The normalized spacial score (nSPS) is 24.4. The third kappa shape index (κ3) is 3.51. The Kier molecular flexibility index (Phi) is 4.88. The molecule has 2 amide bonds. The maximum atomic E-state index is 12.5. The second kappa shape index (κ2) is 7.09. The number of rotatable bonds is 1. The number of carbonyl (C=O) groups is 2. The second-order valence-corrected chi connectivity index (χ2v) is 9.58. The summed E-state index contributed by atoms with van der Waals surface area (Å²) in [4.78, 5) is 28.8. The van der Waals surface area contributed by atoms with Gasteiger partial charge in [-0.25, -0.2) is 4.79 Å². The first-order valence-electron chi connectivity index (χ1n) is 10.7. The van der Waals surface area contributed by atoms with Gasteiger partial charge in [-0.2, -0.15) is 0 Å². The first-order chi connectivity index (χ1) is 13.3. The van der Waals surface area contributed by atoms with E-state index in [1.807, 2.05) is 25.7 Å². The molecule has 1 aromatic rings. The summed E-state index contributed by atoms with van der Waals surface area (Å²) in [7, 11) is 0. The van der Waals surface area contributed by atoms with Crippen LogP contribution < -0.4 is 0 Å². The molecule has 0 bridgehead atoms. The van der Waals surface area contributed by atoms with Crippen molar-refractivity contribution in [2.24, 2.45) is 0 Å². The number of benzene rings is 1. The molecule has 1 aliphatic carbocycles. The number of amides is 2. The molecule has 4 rings (SSSR count). The maximum Gasteiger partial charge on any atom is 0.410 e. The number of ether oxygens (including phenoxy) is 1. The number of fused-ring (bicyclic) bond motifs is 2. The number of piperidine rings is 1. The van der Waals surface area contributed by atoms with Crippen LogP contribution in [0.25, 0.3) is 0 Å². The van der Waals surface area contributed by atoms with Gasteiger partial charge in [0.2, 0.25) is 5.91 Å². The minimum Gasteiger partial charge on any atom is -0.444 e. The highest BCUT2D eigenvalue weighted by Crippen LogP contribution is 2.50. The van der Waals surface area contributed by atoms with Crippen LogP contribution in [0, 0.1) is 0 Å². The number of carbonyl (C=O) groups excluding carboxylic acids is 2. The van der Waals surface area contributed by atoms with Crippen LogP contribution in [0.5, 0.6) is 0 Å². The zero-order chi connectivity index (χ0) is 19.9. The molecule has 0 aromatic heterocycles. The molecule has 2 heterocycles. The third-order valence-electron chi connectivity index (χ3n) is 6.65. The number of hydrogen-bond donors (Lipinski definition) is 0. The van der Waals surface area contributed by atoms with Crippen LogP contribution in [0.15, 0.2) is 24.3 Å².